The van der Waals surface area contributed by atoms with E-state index in [-0.39, 0.29) is 17.0 Å². The van der Waals surface area contributed by atoms with E-state index >= 15 is 0 Å². The molecule has 8 nitrogen and oxygen atoms in total. The van der Waals surface area contributed by atoms with Gasteiger partial charge in [-0.2, -0.15) is 4.98 Å². The highest BCUT2D eigenvalue weighted by Gasteiger charge is 2.25. The van der Waals surface area contributed by atoms with Crippen LogP contribution in [0.25, 0.3) is 0 Å². The zero-order valence-electron chi connectivity index (χ0n) is 17.0. The second-order valence-corrected chi connectivity index (χ2v) is 7.14. The van der Waals surface area contributed by atoms with Crippen LogP contribution in [0.15, 0.2) is 59.5 Å². The molecule has 0 radical (unpaired) electrons. The number of para-hydroxylation sites is 1. The number of carbonyl (C=O) groups is 1. The third-order valence-corrected chi connectivity index (χ3v) is 5.01. The molecule has 2 aromatic heterocycles. The van der Waals surface area contributed by atoms with Crippen molar-refractivity contribution in [3.63, 3.8) is 0 Å². The van der Waals surface area contributed by atoms with Crippen molar-refractivity contribution in [3.05, 3.63) is 76.5 Å². The second-order valence-electron chi connectivity index (χ2n) is 7.14. The zero-order valence-corrected chi connectivity index (χ0v) is 17.0. The molecule has 3 heterocycles. The Bertz CT molecular complexity index is 1110. The molecule has 1 aromatic carbocycles. The Balaban J connectivity index is 1.46. The highest BCUT2D eigenvalue weighted by molar-refractivity contribution is 5.94. The third-order valence-electron chi connectivity index (χ3n) is 5.01. The van der Waals surface area contributed by atoms with Crippen LogP contribution in [0.1, 0.15) is 16.2 Å². The van der Waals surface area contributed by atoms with Gasteiger partial charge in [-0.25, -0.2) is 4.98 Å². The van der Waals surface area contributed by atoms with Crippen molar-refractivity contribution in [2.75, 3.05) is 31.1 Å². The van der Waals surface area contributed by atoms with E-state index in [1.165, 1.54) is 4.57 Å². The van der Waals surface area contributed by atoms with Gasteiger partial charge >= 0.3 is 0 Å². The smallest absolute Gasteiger partial charge is 0.263 e. The number of hydrogen-bond acceptors (Lipinski definition) is 6. The number of nitrogens with zero attached hydrogens (tertiary/aromatic N) is 5. The van der Waals surface area contributed by atoms with Gasteiger partial charge in [-0.05, 0) is 31.2 Å². The van der Waals surface area contributed by atoms with Crippen LogP contribution in [-0.4, -0.2) is 51.5 Å². The molecule has 0 aliphatic carbocycles. The second kappa shape index (κ2) is 8.36. The lowest BCUT2D eigenvalue weighted by molar-refractivity contribution is 0.0744. The maximum absolute atomic E-state index is 12.8. The summed E-state index contributed by atoms with van der Waals surface area (Å²) in [5.41, 5.74) is -0.0797. The molecule has 8 heteroatoms. The monoisotopic (exact) mass is 405 g/mol. The van der Waals surface area contributed by atoms with Crippen LogP contribution in [0, 0.1) is 6.92 Å². The van der Waals surface area contributed by atoms with Crippen molar-refractivity contribution in [2.45, 2.75) is 6.92 Å². The Morgan fingerprint density at radius 2 is 1.73 bits per heavy atom. The SMILES string of the molecule is Cc1nc(Oc2ccccc2)cc(N2CCN(C(=O)c3cccn(C)c3=O)CC2)n1. The molecule has 1 fully saturated rings. The maximum atomic E-state index is 12.8. The van der Waals surface area contributed by atoms with Gasteiger partial charge in [0.1, 0.15) is 23.0 Å². The van der Waals surface area contributed by atoms with Crippen LogP contribution < -0.4 is 15.2 Å². The normalized spacial score (nSPS) is 13.9. The van der Waals surface area contributed by atoms with Crippen molar-refractivity contribution in [3.8, 4) is 11.6 Å². The molecule has 3 aromatic rings. The molecule has 0 atom stereocenters. The van der Waals surface area contributed by atoms with Crippen molar-refractivity contribution < 1.29 is 9.53 Å². The summed E-state index contributed by atoms with van der Waals surface area (Å²) in [6.07, 6.45) is 1.64. The molecule has 0 saturated carbocycles. The number of aryl methyl sites for hydroxylation is 2. The molecule has 1 saturated heterocycles. The van der Waals surface area contributed by atoms with Crippen molar-refractivity contribution in [2.24, 2.45) is 7.05 Å². The van der Waals surface area contributed by atoms with Crippen LogP contribution in [-0.2, 0) is 7.05 Å². The summed E-state index contributed by atoms with van der Waals surface area (Å²) in [5.74, 6) is 2.33. The molecule has 1 aliphatic heterocycles. The zero-order chi connectivity index (χ0) is 21.1. The first kappa shape index (κ1) is 19.6. The van der Waals surface area contributed by atoms with Crippen LogP contribution in [0.4, 0.5) is 5.82 Å². The number of amides is 1. The summed E-state index contributed by atoms with van der Waals surface area (Å²) in [6, 6.07) is 14.6. The molecule has 0 unspecified atom stereocenters. The summed E-state index contributed by atoms with van der Waals surface area (Å²) in [6.45, 7) is 4.07. The number of ether oxygens (including phenoxy) is 1. The van der Waals surface area contributed by atoms with Gasteiger partial charge in [-0.3, -0.25) is 9.59 Å². The molecule has 30 heavy (non-hydrogen) atoms. The van der Waals surface area contributed by atoms with Crippen LogP contribution in [0.5, 0.6) is 11.6 Å². The average Bonchev–Trinajstić information content (AvgIpc) is 2.76. The standard InChI is InChI=1S/C22H23N5O3/c1-16-23-19(15-20(24-16)30-17-7-4-3-5-8-17)26-11-13-27(14-12-26)22(29)18-9-6-10-25(2)21(18)28/h3-10,15H,11-14H2,1-2H3. The maximum Gasteiger partial charge on any atom is 0.263 e. The first-order valence-electron chi connectivity index (χ1n) is 9.80. The van der Waals surface area contributed by atoms with E-state index in [1.807, 2.05) is 43.3 Å². The first-order chi connectivity index (χ1) is 14.5. The molecule has 4 rings (SSSR count). The van der Waals surface area contributed by atoms with Gasteiger partial charge in [0, 0.05) is 45.5 Å². The Morgan fingerprint density at radius 3 is 2.47 bits per heavy atom. The first-order valence-corrected chi connectivity index (χ1v) is 9.80. The fourth-order valence-electron chi connectivity index (χ4n) is 3.42. The lowest BCUT2D eigenvalue weighted by Crippen LogP contribution is -2.50. The fourth-order valence-corrected chi connectivity index (χ4v) is 3.42. The quantitative estimate of drug-likeness (QED) is 0.662. The van der Waals surface area contributed by atoms with E-state index < -0.39 is 0 Å². The highest BCUT2D eigenvalue weighted by atomic mass is 16.5. The highest BCUT2D eigenvalue weighted by Crippen LogP contribution is 2.24. The van der Waals surface area contributed by atoms with Gasteiger partial charge in [0.2, 0.25) is 5.88 Å². The van der Waals surface area contributed by atoms with E-state index in [1.54, 1.807) is 30.3 Å². The topological polar surface area (TPSA) is 80.6 Å². The van der Waals surface area contributed by atoms with E-state index in [2.05, 4.69) is 14.9 Å². The Morgan fingerprint density at radius 1 is 1.00 bits per heavy atom. The minimum absolute atomic E-state index is 0.199. The van der Waals surface area contributed by atoms with E-state index in [0.717, 1.165) is 5.82 Å². The Kier molecular flexibility index (Phi) is 5.47. The molecule has 1 amide bonds. The Labute approximate surface area is 174 Å². The predicted octanol–water partition coefficient (Wildman–Crippen LogP) is 2.24. The number of pyridine rings is 1. The number of hydrogen-bond donors (Lipinski definition) is 0. The molecule has 0 bridgehead atoms. The lowest BCUT2D eigenvalue weighted by Gasteiger charge is -2.35. The molecule has 154 valence electrons. The van der Waals surface area contributed by atoms with Gasteiger partial charge in [0.25, 0.3) is 11.5 Å². The minimum Gasteiger partial charge on any atom is -0.439 e. The molecule has 0 N–H and O–H groups in total. The summed E-state index contributed by atoms with van der Waals surface area (Å²) < 4.78 is 7.27. The van der Waals surface area contributed by atoms with Crippen LogP contribution in [0.3, 0.4) is 0 Å². The van der Waals surface area contributed by atoms with Gasteiger partial charge in [-0.15, -0.1) is 0 Å². The van der Waals surface area contributed by atoms with E-state index in [9.17, 15) is 9.59 Å². The number of piperazine rings is 1. The molecule has 0 spiro atoms. The number of aromatic nitrogens is 3. The van der Waals surface area contributed by atoms with Crippen LogP contribution in [0.2, 0.25) is 0 Å². The molecule has 1 aliphatic rings. The number of benzene rings is 1. The number of rotatable bonds is 4. The van der Waals surface area contributed by atoms with Gasteiger partial charge in [0.05, 0.1) is 0 Å². The Hall–Kier alpha value is -3.68. The largest absolute Gasteiger partial charge is 0.439 e. The predicted molar refractivity (Wildman–Crippen MR) is 113 cm³/mol. The van der Waals surface area contributed by atoms with Crippen molar-refractivity contribution in [1.29, 1.82) is 0 Å². The van der Waals surface area contributed by atoms with Crippen molar-refractivity contribution >= 4 is 11.7 Å². The number of anilines is 1. The summed E-state index contributed by atoms with van der Waals surface area (Å²) in [5, 5.41) is 0. The average molecular weight is 405 g/mol. The lowest BCUT2D eigenvalue weighted by atomic mass is 10.2. The van der Waals surface area contributed by atoms with Crippen LogP contribution >= 0.6 is 0 Å². The number of carbonyl (C=O) groups excluding carboxylic acids is 1. The summed E-state index contributed by atoms with van der Waals surface area (Å²) in [4.78, 5) is 37.7. The van der Waals surface area contributed by atoms with Gasteiger partial charge < -0.3 is 19.1 Å². The summed E-state index contributed by atoms with van der Waals surface area (Å²) in [7, 11) is 1.64. The third kappa shape index (κ3) is 4.17. The summed E-state index contributed by atoms with van der Waals surface area (Å²) >= 11 is 0. The fraction of sp³-hybridized carbons (Fsp3) is 0.273. The molecular formula is C22H23N5O3. The van der Waals surface area contributed by atoms with Gasteiger partial charge in [0.15, 0.2) is 0 Å². The van der Waals surface area contributed by atoms with E-state index in [0.29, 0.717) is 43.6 Å². The van der Waals surface area contributed by atoms with Gasteiger partial charge in [-0.1, -0.05) is 18.2 Å². The van der Waals surface area contributed by atoms with Crippen molar-refractivity contribution in [1.82, 2.24) is 19.4 Å². The van der Waals surface area contributed by atoms with E-state index in [4.69, 9.17) is 4.74 Å². The molecular weight excluding hydrogens is 382 g/mol. The minimum atomic E-state index is -0.279.